The molecule has 5 aromatic heterocycles. The highest BCUT2D eigenvalue weighted by molar-refractivity contribution is 7.18. The van der Waals surface area contributed by atoms with E-state index in [1.807, 2.05) is 34.8 Å². The lowest BCUT2D eigenvalue weighted by Gasteiger charge is -2.27. The number of thiophene rings is 3. The van der Waals surface area contributed by atoms with Gasteiger partial charge in [0, 0.05) is 67.9 Å². The highest BCUT2D eigenvalue weighted by atomic mass is 32.1. The van der Waals surface area contributed by atoms with Crippen molar-refractivity contribution >= 4 is 71.8 Å². The van der Waals surface area contributed by atoms with Gasteiger partial charge in [0.05, 0.1) is 20.4 Å². The van der Waals surface area contributed by atoms with Crippen LogP contribution in [0.5, 0.6) is 0 Å². The van der Waals surface area contributed by atoms with Crippen LogP contribution >= 0.6 is 34.0 Å². The zero-order valence-corrected chi connectivity index (χ0v) is 29.1. The third-order valence-electron chi connectivity index (χ3n) is 9.22. The van der Waals surface area contributed by atoms with E-state index in [4.69, 9.17) is 0 Å². The van der Waals surface area contributed by atoms with Gasteiger partial charge in [0.2, 0.25) is 0 Å². The first-order chi connectivity index (χ1) is 22.1. The molecule has 13 heteroatoms. The molecule has 4 aliphatic rings. The summed E-state index contributed by atoms with van der Waals surface area (Å²) in [6.45, 7) is 9.03. The predicted octanol–water partition coefficient (Wildman–Crippen LogP) is 8.16. The summed E-state index contributed by atoms with van der Waals surface area (Å²) in [6, 6.07) is 6.42. The summed E-state index contributed by atoms with van der Waals surface area (Å²) < 4.78 is 8.75. The van der Waals surface area contributed by atoms with Crippen LogP contribution in [0.1, 0.15) is 65.8 Å². The number of piperidine rings is 2. The average molecular weight is 700 g/mol. The fraction of sp³-hybridized carbons (Fsp3) is 0.588. The molecule has 3 saturated heterocycles. The number of anilines is 2. The normalized spacial score (nSPS) is 19.6. The van der Waals surface area contributed by atoms with Crippen LogP contribution in [0.15, 0.2) is 39.5 Å². The van der Waals surface area contributed by atoms with E-state index in [1.54, 1.807) is 22.7 Å². The number of aromatic nitrogens is 4. The van der Waals surface area contributed by atoms with E-state index < -0.39 is 0 Å². The largest absolute Gasteiger partial charge is 0.354 e. The molecule has 0 spiro atoms. The van der Waals surface area contributed by atoms with Crippen LogP contribution in [0, 0.1) is 0 Å². The van der Waals surface area contributed by atoms with Crippen molar-refractivity contribution in [2.45, 2.75) is 59.5 Å². The van der Waals surface area contributed by atoms with Crippen molar-refractivity contribution in [1.82, 2.24) is 29.8 Å². The molecule has 3 fully saturated rings. The SMILES string of the molecule is C.C.C[N+]1=Nc2ccsc2C1N1CCCCC1.Cn1nc(N2CCCCC2)c2sccc21.Cn1nc(N2CCNCC2)c2sccc21.[HH]. The number of rotatable bonds is 3. The number of likely N-dealkylation sites (tertiary alicyclic amines) is 1. The number of nitrogens with zero attached hydrogens (tertiary/aromatic N) is 9. The third-order valence-corrected chi connectivity index (χ3v) is 12.0. The molecule has 0 radical (unpaired) electrons. The van der Waals surface area contributed by atoms with E-state index in [0.29, 0.717) is 6.17 Å². The summed E-state index contributed by atoms with van der Waals surface area (Å²) in [5, 5.41) is 23.6. The van der Waals surface area contributed by atoms with Crippen molar-refractivity contribution < 1.29 is 6.12 Å². The molecule has 0 aromatic carbocycles. The molecule has 1 atom stereocenters. The molecule has 47 heavy (non-hydrogen) atoms. The Hall–Kier alpha value is -2.84. The molecule has 1 unspecified atom stereocenters. The second-order valence-corrected chi connectivity index (χ2v) is 15.0. The van der Waals surface area contributed by atoms with Gasteiger partial charge in [-0.05, 0) is 71.6 Å². The van der Waals surface area contributed by atoms with Gasteiger partial charge in [0.1, 0.15) is 4.88 Å². The molecule has 9 heterocycles. The van der Waals surface area contributed by atoms with Crippen molar-refractivity contribution in [3.05, 3.63) is 39.2 Å². The Morgan fingerprint density at radius 3 is 1.79 bits per heavy atom. The first-order valence-electron chi connectivity index (χ1n) is 16.4. The Labute approximate surface area is 293 Å². The van der Waals surface area contributed by atoms with Crippen LogP contribution in [-0.2, 0) is 14.1 Å². The van der Waals surface area contributed by atoms with Crippen LogP contribution in [0.25, 0.3) is 20.4 Å². The topological polar surface area (TPSA) is 72.8 Å². The smallest absolute Gasteiger partial charge is 0.272 e. The molecule has 5 aromatic rings. The number of fused-ring (bicyclic) bond motifs is 3. The van der Waals surface area contributed by atoms with Gasteiger partial charge in [-0.2, -0.15) is 10.2 Å². The molecule has 9 rings (SSSR count). The second-order valence-electron chi connectivity index (χ2n) is 12.3. The summed E-state index contributed by atoms with van der Waals surface area (Å²) in [7, 11) is 6.13. The number of hydrogen-bond donors (Lipinski definition) is 1. The number of aryl methyl sites for hydroxylation is 2. The maximum atomic E-state index is 4.63. The molecule has 258 valence electrons. The molecular weight excluding hydrogens is 645 g/mol. The van der Waals surface area contributed by atoms with Gasteiger partial charge in [-0.15, -0.1) is 38.7 Å². The van der Waals surface area contributed by atoms with Crippen molar-refractivity contribution in [3.63, 3.8) is 0 Å². The Balaban J connectivity index is 0.000000158. The lowest BCUT2D eigenvalue weighted by molar-refractivity contribution is -0.622. The first kappa shape index (κ1) is 35.5. The summed E-state index contributed by atoms with van der Waals surface area (Å²) in [5.41, 5.74) is 3.69. The minimum absolute atomic E-state index is 0. The second kappa shape index (κ2) is 16.0. The summed E-state index contributed by atoms with van der Waals surface area (Å²) >= 11 is 5.43. The minimum Gasteiger partial charge on any atom is -0.354 e. The highest BCUT2D eigenvalue weighted by Crippen LogP contribution is 2.41. The van der Waals surface area contributed by atoms with Crippen LogP contribution in [0.4, 0.5) is 17.3 Å². The summed E-state index contributed by atoms with van der Waals surface area (Å²) in [6.07, 6.45) is 8.47. The average Bonchev–Trinajstić information content (AvgIpc) is 3.92. The maximum Gasteiger partial charge on any atom is 0.272 e. The summed E-state index contributed by atoms with van der Waals surface area (Å²) in [5.74, 6) is 2.35. The van der Waals surface area contributed by atoms with Gasteiger partial charge >= 0.3 is 0 Å². The molecule has 0 saturated carbocycles. The van der Waals surface area contributed by atoms with E-state index in [0.717, 1.165) is 32.0 Å². The molecule has 10 nitrogen and oxygen atoms in total. The van der Waals surface area contributed by atoms with E-state index >= 15 is 0 Å². The number of azo groups is 2. The van der Waals surface area contributed by atoms with Crippen LogP contribution in [-0.4, -0.2) is 88.6 Å². The predicted molar refractivity (Wildman–Crippen MR) is 205 cm³/mol. The lowest BCUT2D eigenvalue weighted by atomic mass is 10.1. The van der Waals surface area contributed by atoms with E-state index in [-0.39, 0.29) is 16.3 Å². The highest BCUT2D eigenvalue weighted by Gasteiger charge is 2.38. The zero-order chi connectivity index (χ0) is 30.8. The van der Waals surface area contributed by atoms with Gasteiger partial charge < -0.3 is 15.1 Å². The number of nitrogens with one attached hydrogen (secondary N) is 1. The zero-order valence-electron chi connectivity index (χ0n) is 26.7. The quantitative estimate of drug-likeness (QED) is 0.192. The molecule has 0 bridgehead atoms. The first-order valence-corrected chi connectivity index (χ1v) is 19.0. The fourth-order valence-corrected chi connectivity index (χ4v) is 9.73. The van der Waals surface area contributed by atoms with Crippen LogP contribution < -0.4 is 15.1 Å². The van der Waals surface area contributed by atoms with Gasteiger partial charge in [-0.1, -0.05) is 21.3 Å². The minimum atomic E-state index is 0. The Bertz CT molecular complexity index is 1640. The fourth-order valence-electron chi connectivity index (χ4n) is 6.88. The van der Waals surface area contributed by atoms with Crippen molar-refractivity contribution in [1.29, 1.82) is 0 Å². The molecule has 4 aliphatic heterocycles. The third kappa shape index (κ3) is 7.44. The molecular formula is C34H55N10S3+. The van der Waals surface area contributed by atoms with Crippen molar-refractivity contribution in [3.8, 4) is 0 Å². The summed E-state index contributed by atoms with van der Waals surface area (Å²) in [4.78, 5) is 8.80. The maximum absolute atomic E-state index is 4.63. The van der Waals surface area contributed by atoms with Crippen molar-refractivity contribution in [2.24, 2.45) is 19.2 Å². The molecule has 0 aliphatic carbocycles. The van der Waals surface area contributed by atoms with Gasteiger partial charge in [-0.25, -0.2) is 4.90 Å². The monoisotopic (exact) mass is 699 g/mol. The van der Waals surface area contributed by atoms with Crippen LogP contribution in [0.3, 0.4) is 0 Å². The Kier molecular flexibility index (Phi) is 12.1. The molecule has 1 N–H and O–H groups in total. The standard InChI is InChI=1S/C11H15N3S.C11H16N3S.C10H14N4S.2CH4.H2/c1-13-9-5-8-15-10(9)11(12-13)14-6-3-2-4-7-14;1-13-11(14-6-3-2-4-7-14)10-9(12-13)5-8-15-10;1-13-8-2-7-15-9(8)10(12-13)14-5-3-11-4-6-14;;;/h5,8H,2-4,6-7H2,1H3;5,8,11H,2-4,6-7H2,1H3;2,7,11H,3-6H2,1H3;2*1H4;1H/q;+1;;;;. The van der Waals surface area contributed by atoms with Gasteiger partial charge in [0.15, 0.2) is 24.4 Å². The number of piperazine rings is 1. The van der Waals surface area contributed by atoms with Crippen molar-refractivity contribution in [2.75, 3.05) is 69.2 Å². The Morgan fingerprint density at radius 1 is 0.702 bits per heavy atom. The number of hydrogen-bond acceptors (Lipinski definition) is 10. The van der Waals surface area contributed by atoms with Gasteiger partial charge in [-0.3, -0.25) is 9.36 Å². The lowest BCUT2D eigenvalue weighted by Crippen LogP contribution is -2.43. The van der Waals surface area contributed by atoms with E-state index in [9.17, 15) is 0 Å². The molecule has 0 amide bonds. The Morgan fingerprint density at radius 2 is 1.21 bits per heavy atom. The van der Waals surface area contributed by atoms with Crippen LogP contribution in [0.2, 0.25) is 0 Å². The van der Waals surface area contributed by atoms with E-state index in [1.165, 1.54) is 102 Å². The van der Waals surface area contributed by atoms with Gasteiger partial charge in [0.25, 0.3) is 6.17 Å². The van der Waals surface area contributed by atoms with E-state index in [2.05, 4.69) is 81.4 Å².